The maximum absolute atomic E-state index is 12.9. The molecule has 0 saturated heterocycles. The van der Waals surface area contributed by atoms with E-state index in [9.17, 15) is 4.39 Å². The molecule has 0 bridgehead atoms. The summed E-state index contributed by atoms with van der Waals surface area (Å²) in [6.07, 6.45) is 1.98. The third kappa shape index (κ3) is 3.48. The maximum atomic E-state index is 12.9. The molecule has 1 aromatic carbocycles. The Kier molecular flexibility index (Phi) is 4.72. The van der Waals surface area contributed by atoms with Crippen LogP contribution in [0.4, 0.5) is 10.1 Å². The quantitative estimate of drug-likeness (QED) is 0.910. The smallest absolute Gasteiger partial charge is 0.143 e. The predicted molar refractivity (Wildman–Crippen MR) is 78.6 cm³/mol. The van der Waals surface area contributed by atoms with Gasteiger partial charge >= 0.3 is 0 Å². The van der Waals surface area contributed by atoms with Crippen molar-refractivity contribution in [2.75, 3.05) is 12.4 Å². The number of aromatic nitrogens is 1. The molecule has 21 heavy (non-hydrogen) atoms. The summed E-state index contributed by atoms with van der Waals surface area (Å²) in [6, 6.07) is 10.2. The minimum Gasteiger partial charge on any atom is -0.495 e. The van der Waals surface area contributed by atoms with Crippen molar-refractivity contribution in [2.45, 2.75) is 19.4 Å². The lowest BCUT2D eigenvalue weighted by atomic mass is 10.1. The first-order chi connectivity index (χ1) is 10.2. The molecule has 0 fully saturated rings. The highest BCUT2D eigenvalue weighted by atomic mass is 19.1. The number of hydrogen-bond acceptors (Lipinski definition) is 4. The van der Waals surface area contributed by atoms with Gasteiger partial charge < -0.3 is 10.1 Å². The first-order valence-corrected chi connectivity index (χ1v) is 6.64. The number of ether oxygens (including phenoxy) is 1. The number of hydrogen-bond donors (Lipinski definition) is 1. The second kappa shape index (κ2) is 6.71. The van der Waals surface area contributed by atoms with Crippen LogP contribution in [0.5, 0.6) is 5.75 Å². The van der Waals surface area contributed by atoms with Gasteiger partial charge in [-0.15, -0.1) is 0 Å². The van der Waals surface area contributed by atoms with Crippen LogP contribution in [0.15, 0.2) is 36.5 Å². The normalized spacial score (nSPS) is 11.5. The molecule has 5 heteroatoms. The molecule has 1 heterocycles. The average Bonchev–Trinajstić information content (AvgIpc) is 2.53. The van der Waals surface area contributed by atoms with E-state index in [1.165, 1.54) is 12.3 Å². The number of nitriles is 1. The Labute approximate surface area is 123 Å². The number of nitrogens with zero attached hydrogens (tertiary/aromatic N) is 2. The second-order valence-corrected chi connectivity index (χ2v) is 4.53. The van der Waals surface area contributed by atoms with Crippen molar-refractivity contribution < 1.29 is 9.13 Å². The van der Waals surface area contributed by atoms with Crippen LogP contribution in [0.1, 0.15) is 30.6 Å². The highest BCUT2D eigenvalue weighted by Gasteiger charge is 2.13. The van der Waals surface area contributed by atoms with Crippen LogP contribution in [0.2, 0.25) is 0 Å². The molecule has 108 valence electrons. The van der Waals surface area contributed by atoms with Crippen molar-refractivity contribution in [1.82, 2.24) is 4.98 Å². The van der Waals surface area contributed by atoms with Crippen molar-refractivity contribution >= 4 is 5.69 Å². The van der Waals surface area contributed by atoms with Gasteiger partial charge in [0, 0.05) is 6.07 Å². The molecule has 1 N–H and O–H groups in total. The molecule has 1 unspecified atom stereocenters. The molecule has 0 aliphatic heterocycles. The van der Waals surface area contributed by atoms with E-state index in [-0.39, 0.29) is 11.9 Å². The van der Waals surface area contributed by atoms with Gasteiger partial charge in [-0.25, -0.2) is 4.39 Å². The fourth-order valence-electron chi connectivity index (χ4n) is 2.05. The van der Waals surface area contributed by atoms with Crippen LogP contribution >= 0.6 is 0 Å². The van der Waals surface area contributed by atoms with E-state index >= 15 is 0 Å². The summed E-state index contributed by atoms with van der Waals surface area (Å²) < 4.78 is 18.2. The lowest BCUT2D eigenvalue weighted by Gasteiger charge is -2.19. The Morgan fingerprint density at radius 3 is 2.76 bits per heavy atom. The molecule has 0 spiro atoms. The first kappa shape index (κ1) is 14.8. The van der Waals surface area contributed by atoms with Crippen molar-refractivity contribution in [1.29, 1.82) is 5.26 Å². The topological polar surface area (TPSA) is 57.9 Å². The molecule has 4 nitrogen and oxygen atoms in total. The Hall–Kier alpha value is -2.61. The number of nitrogens with one attached hydrogen (secondary N) is 1. The van der Waals surface area contributed by atoms with E-state index in [2.05, 4.69) is 16.4 Å². The van der Waals surface area contributed by atoms with Crippen LogP contribution in [0, 0.1) is 17.1 Å². The summed E-state index contributed by atoms with van der Waals surface area (Å²) >= 11 is 0. The number of benzene rings is 1. The number of anilines is 1. The third-order valence-electron chi connectivity index (χ3n) is 3.18. The fraction of sp³-hybridized carbons (Fsp3) is 0.250. The number of rotatable bonds is 5. The van der Waals surface area contributed by atoms with E-state index in [1.54, 1.807) is 31.4 Å². The minimum atomic E-state index is -0.357. The van der Waals surface area contributed by atoms with Gasteiger partial charge in [-0.05, 0) is 30.7 Å². The standard InChI is InChI=1S/C16H16FN3O/c1-3-13(14-7-5-12(17)10-19-14)20-15-6-4-11(9-18)8-16(15)21-2/h4-8,10,13,20H,3H2,1-2H3. The zero-order valence-electron chi connectivity index (χ0n) is 11.9. The number of methoxy groups -OCH3 is 1. The van der Waals surface area contributed by atoms with Crippen LogP contribution in [-0.2, 0) is 0 Å². The fourth-order valence-corrected chi connectivity index (χ4v) is 2.05. The molecule has 0 saturated carbocycles. The molecule has 1 aromatic heterocycles. The van der Waals surface area contributed by atoms with Crippen LogP contribution in [-0.4, -0.2) is 12.1 Å². The summed E-state index contributed by atoms with van der Waals surface area (Å²) in [4.78, 5) is 4.10. The minimum absolute atomic E-state index is 0.0626. The monoisotopic (exact) mass is 285 g/mol. The maximum Gasteiger partial charge on any atom is 0.143 e. The highest BCUT2D eigenvalue weighted by molar-refractivity contribution is 5.60. The van der Waals surface area contributed by atoms with Gasteiger partial charge in [-0.3, -0.25) is 4.98 Å². The molecule has 2 aromatic rings. The van der Waals surface area contributed by atoms with Crippen molar-refractivity contribution in [2.24, 2.45) is 0 Å². The zero-order valence-corrected chi connectivity index (χ0v) is 11.9. The summed E-state index contributed by atoms with van der Waals surface area (Å²) in [6.45, 7) is 2.01. The molecule has 0 amide bonds. The van der Waals surface area contributed by atoms with Gasteiger partial charge in [0.05, 0.1) is 42.4 Å². The van der Waals surface area contributed by atoms with Crippen LogP contribution < -0.4 is 10.1 Å². The van der Waals surface area contributed by atoms with Gasteiger partial charge in [-0.1, -0.05) is 6.92 Å². The van der Waals surface area contributed by atoms with Gasteiger partial charge in [0.1, 0.15) is 11.6 Å². The molecule has 1 atom stereocenters. The van der Waals surface area contributed by atoms with Gasteiger partial charge in [0.15, 0.2) is 0 Å². The summed E-state index contributed by atoms with van der Waals surface area (Å²) in [5.74, 6) is 0.235. The molecule has 2 rings (SSSR count). The summed E-state index contributed by atoms with van der Waals surface area (Å²) in [5.41, 5.74) is 2.06. The molecule has 0 radical (unpaired) electrons. The zero-order chi connectivity index (χ0) is 15.2. The Morgan fingerprint density at radius 1 is 1.38 bits per heavy atom. The Morgan fingerprint density at radius 2 is 2.19 bits per heavy atom. The van der Waals surface area contributed by atoms with E-state index in [0.29, 0.717) is 11.3 Å². The van der Waals surface area contributed by atoms with Crippen LogP contribution in [0.25, 0.3) is 0 Å². The second-order valence-electron chi connectivity index (χ2n) is 4.53. The van der Waals surface area contributed by atoms with E-state index in [0.717, 1.165) is 17.8 Å². The Balaban J connectivity index is 2.26. The SMILES string of the molecule is CCC(Nc1ccc(C#N)cc1OC)c1ccc(F)cn1. The molecular formula is C16H16FN3O. The molecule has 0 aliphatic rings. The molecule has 0 aliphatic carbocycles. The van der Waals surface area contributed by atoms with E-state index < -0.39 is 0 Å². The summed E-state index contributed by atoms with van der Waals surface area (Å²) in [5, 5.41) is 12.2. The number of halogens is 1. The van der Waals surface area contributed by atoms with Crippen molar-refractivity contribution in [3.63, 3.8) is 0 Å². The first-order valence-electron chi connectivity index (χ1n) is 6.64. The van der Waals surface area contributed by atoms with Gasteiger partial charge in [0.2, 0.25) is 0 Å². The highest BCUT2D eigenvalue weighted by Crippen LogP contribution is 2.30. The Bertz CT molecular complexity index is 650. The van der Waals surface area contributed by atoms with Crippen molar-refractivity contribution in [3.05, 3.63) is 53.6 Å². The predicted octanol–water partition coefficient (Wildman–Crippen LogP) is 3.66. The number of pyridine rings is 1. The van der Waals surface area contributed by atoms with Gasteiger partial charge in [0.25, 0.3) is 0 Å². The van der Waals surface area contributed by atoms with Crippen LogP contribution in [0.3, 0.4) is 0 Å². The lowest BCUT2D eigenvalue weighted by molar-refractivity contribution is 0.415. The molecular weight excluding hydrogens is 269 g/mol. The average molecular weight is 285 g/mol. The van der Waals surface area contributed by atoms with E-state index in [1.807, 2.05) is 6.92 Å². The van der Waals surface area contributed by atoms with Crippen molar-refractivity contribution in [3.8, 4) is 11.8 Å². The lowest BCUT2D eigenvalue weighted by Crippen LogP contribution is -2.12. The van der Waals surface area contributed by atoms with E-state index in [4.69, 9.17) is 10.00 Å². The van der Waals surface area contributed by atoms with Gasteiger partial charge in [-0.2, -0.15) is 5.26 Å². The summed E-state index contributed by atoms with van der Waals surface area (Å²) in [7, 11) is 1.55. The largest absolute Gasteiger partial charge is 0.495 e. The third-order valence-corrected chi connectivity index (χ3v) is 3.18.